The zero-order chi connectivity index (χ0) is 18.7. The number of carbonyl (C=O) groups excluding carboxylic acids is 2. The van der Waals surface area contributed by atoms with Crippen molar-refractivity contribution in [3.8, 4) is 0 Å². The highest BCUT2D eigenvalue weighted by Gasteiger charge is 2.34. The van der Waals surface area contributed by atoms with Crippen LogP contribution < -0.4 is 5.43 Å². The van der Waals surface area contributed by atoms with E-state index in [1.807, 2.05) is 0 Å². The van der Waals surface area contributed by atoms with E-state index in [4.69, 9.17) is 12.2 Å². The fraction of sp³-hybridized carbons (Fsp3) is 0. The van der Waals surface area contributed by atoms with Crippen LogP contribution in [0.15, 0.2) is 53.6 Å². The third-order valence-electron chi connectivity index (χ3n) is 3.32. The number of nitro benzene ring substituents is 1. The summed E-state index contributed by atoms with van der Waals surface area (Å²) in [4.78, 5) is 39.6. The van der Waals surface area contributed by atoms with Gasteiger partial charge in [0.05, 0.1) is 15.5 Å². The summed E-state index contributed by atoms with van der Waals surface area (Å²) in [6, 6.07) is 10.7. The van der Waals surface area contributed by atoms with E-state index in [1.165, 1.54) is 24.3 Å². The van der Waals surface area contributed by atoms with Crippen molar-refractivity contribution < 1.29 is 14.5 Å². The molecule has 2 aromatic rings. The van der Waals surface area contributed by atoms with E-state index in [0.29, 0.717) is 5.69 Å². The zero-order valence-electron chi connectivity index (χ0n) is 13.0. The number of amides is 2. The summed E-state index contributed by atoms with van der Waals surface area (Å²) in [5.74, 6) is -1.33. The minimum Gasteiger partial charge on any atom is -0.267 e. The van der Waals surface area contributed by atoms with Crippen molar-refractivity contribution in [2.45, 2.75) is 0 Å². The van der Waals surface area contributed by atoms with Crippen LogP contribution in [0.2, 0.25) is 0 Å². The molecule has 8 nitrogen and oxygen atoms in total. The molecule has 0 spiro atoms. The fourth-order valence-electron chi connectivity index (χ4n) is 2.15. The smallest absolute Gasteiger partial charge is 0.267 e. The Kier molecular flexibility index (Phi) is 5.05. The molecule has 2 amide bonds. The molecule has 1 aromatic carbocycles. The Morgan fingerprint density at radius 1 is 1.27 bits per heavy atom. The number of hydrogen-bond donors (Lipinski definition) is 1. The van der Waals surface area contributed by atoms with E-state index >= 15 is 0 Å². The zero-order valence-corrected chi connectivity index (χ0v) is 14.6. The van der Waals surface area contributed by atoms with E-state index in [-0.39, 0.29) is 20.5 Å². The second kappa shape index (κ2) is 7.42. The van der Waals surface area contributed by atoms with Gasteiger partial charge >= 0.3 is 0 Å². The third kappa shape index (κ3) is 3.60. The van der Waals surface area contributed by atoms with Gasteiger partial charge in [-0.15, -0.1) is 0 Å². The van der Waals surface area contributed by atoms with Crippen LogP contribution in [0.5, 0.6) is 0 Å². The lowest BCUT2D eigenvalue weighted by Gasteiger charge is -2.15. The van der Waals surface area contributed by atoms with Crippen LogP contribution in [0.3, 0.4) is 0 Å². The fourth-order valence-corrected chi connectivity index (χ4v) is 3.31. The maximum atomic E-state index is 12.5. The van der Waals surface area contributed by atoms with Gasteiger partial charge in [0.25, 0.3) is 17.5 Å². The second-order valence-corrected chi connectivity index (χ2v) is 6.66. The summed E-state index contributed by atoms with van der Waals surface area (Å²) in [6.07, 6.45) is 3.14. The summed E-state index contributed by atoms with van der Waals surface area (Å²) in [5.41, 5.74) is 2.36. The van der Waals surface area contributed by atoms with Crippen LogP contribution in [0.4, 0.5) is 5.69 Å². The number of carbonyl (C=O) groups is 2. The lowest BCUT2D eigenvalue weighted by Crippen LogP contribution is -2.45. The molecule has 1 aromatic heterocycles. The number of nitro groups is 1. The molecule has 130 valence electrons. The molecule has 1 aliphatic rings. The molecule has 1 fully saturated rings. The Morgan fingerprint density at radius 3 is 2.69 bits per heavy atom. The Balaban J connectivity index is 1.82. The SMILES string of the molecule is O=C(NN1C(=O)C(=Cc2ccccn2)SC1=S)c1ccccc1[N+](=O)[O-]. The van der Waals surface area contributed by atoms with Crippen LogP contribution in [0.25, 0.3) is 6.08 Å². The number of nitrogens with zero attached hydrogens (tertiary/aromatic N) is 3. The number of pyridine rings is 1. The molecule has 0 saturated carbocycles. The molecular formula is C16H10N4O4S2. The largest absolute Gasteiger partial charge is 0.285 e. The lowest BCUT2D eigenvalue weighted by molar-refractivity contribution is -0.385. The molecule has 0 bridgehead atoms. The van der Waals surface area contributed by atoms with Crippen molar-refractivity contribution >= 4 is 51.9 Å². The second-order valence-electron chi connectivity index (χ2n) is 4.99. The van der Waals surface area contributed by atoms with Gasteiger partial charge in [0, 0.05) is 12.3 Å². The molecule has 1 N–H and O–H groups in total. The van der Waals surface area contributed by atoms with Crippen molar-refractivity contribution in [3.63, 3.8) is 0 Å². The highest BCUT2D eigenvalue weighted by molar-refractivity contribution is 8.26. The number of thioether (sulfide) groups is 1. The number of thiocarbonyl (C=S) groups is 1. The first-order valence-corrected chi connectivity index (χ1v) is 8.43. The van der Waals surface area contributed by atoms with Crippen molar-refractivity contribution in [1.82, 2.24) is 15.4 Å². The van der Waals surface area contributed by atoms with E-state index in [0.717, 1.165) is 16.8 Å². The minimum absolute atomic E-state index is 0.115. The summed E-state index contributed by atoms with van der Waals surface area (Å²) >= 11 is 6.13. The van der Waals surface area contributed by atoms with Gasteiger partial charge in [0.15, 0.2) is 4.32 Å². The van der Waals surface area contributed by atoms with Gasteiger partial charge in [0.2, 0.25) is 0 Å². The van der Waals surface area contributed by atoms with Gasteiger partial charge in [-0.05, 0) is 36.5 Å². The number of nitrogens with one attached hydrogen (secondary N) is 1. The summed E-state index contributed by atoms with van der Waals surface area (Å²) in [5, 5.41) is 11.9. The first-order chi connectivity index (χ1) is 12.5. The minimum atomic E-state index is -0.798. The summed E-state index contributed by atoms with van der Waals surface area (Å²) in [7, 11) is 0. The first-order valence-electron chi connectivity index (χ1n) is 7.21. The predicted molar refractivity (Wildman–Crippen MR) is 99.8 cm³/mol. The van der Waals surface area contributed by atoms with E-state index < -0.39 is 16.7 Å². The van der Waals surface area contributed by atoms with Crippen LogP contribution >= 0.6 is 24.0 Å². The van der Waals surface area contributed by atoms with Gasteiger partial charge in [-0.25, -0.2) is 0 Å². The normalized spacial score (nSPS) is 15.4. The predicted octanol–water partition coefficient (Wildman–Crippen LogP) is 2.54. The van der Waals surface area contributed by atoms with Gasteiger partial charge in [-0.3, -0.25) is 30.1 Å². The van der Waals surface area contributed by atoms with Crippen LogP contribution in [0, 0.1) is 10.1 Å². The van der Waals surface area contributed by atoms with Gasteiger partial charge in [-0.1, -0.05) is 30.0 Å². The Hall–Kier alpha value is -3.11. The highest BCUT2D eigenvalue weighted by atomic mass is 32.2. The third-order valence-corrected chi connectivity index (χ3v) is 4.62. The number of rotatable bonds is 4. The monoisotopic (exact) mass is 386 g/mol. The quantitative estimate of drug-likeness (QED) is 0.372. The molecule has 0 unspecified atom stereocenters. The number of hydrogen-bond acceptors (Lipinski definition) is 7. The molecule has 0 radical (unpaired) electrons. The highest BCUT2D eigenvalue weighted by Crippen LogP contribution is 2.31. The van der Waals surface area contributed by atoms with Crippen molar-refractivity contribution in [2.24, 2.45) is 0 Å². The maximum Gasteiger partial charge on any atom is 0.285 e. The van der Waals surface area contributed by atoms with Gasteiger partial charge in [-0.2, -0.15) is 5.01 Å². The molecule has 1 saturated heterocycles. The molecule has 3 rings (SSSR count). The van der Waals surface area contributed by atoms with Gasteiger partial charge in [0.1, 0.15) is 5.56 Å². The summed E-state index contributed by atoms with van der Waals surface area (Å²) < 4.78 is 0.115. The molecule has 2 heterocycles. The molecule has 0 aliphatic carbocycles. The Bertz CT molecular complexity index is 946. The number of aromatic nitrogens is 1. The average molecular weight is 386 g/mol. The standard InChI is InChI=1S/C16H10N4O4S2/c21-14(11-6-1-2-7-12(11)20(23)24)18-19-15(22)13(26-16(19)25)9-10-5-3-4-8-17-10/h1-9H,(H,18,21). The Labute approximate surface area is 157 Å². The lowest BCUT2D eigenvalue weighted by atomic mass is 10.2. The molecule has 10 heteroatoms. The number of hydrazine groups is 1. The van der Waals surface area contributed by atoms with Crippen molar-refractivity contribution in [1.29, 1.82) is 0 Å². The molecular weight excluding hydrogens is 376 g/mol. The van der Waals surface area contributed by atoms with E-state index in [1.54, 1.807) is 30.5 Å². The van der Waals surface area contributed by atoms with Crippen LogP contribution in [-0.2, 0) is 4.79 Å². The van der Waals surface area contributed by atoms with Crippen LogP contribution in [-0.4, -0.2) is 31.1 Å². The number of para-hydroxylation sites is 1. The van der Waals surface area contributed by atoms with E-state index in [9.17, 15) is 19.7 Å². The summed E-state index contributed by atoms with van der Waals surface area (Å²) in [6.45, 7) is 0. The van der Waals surface area contributed by atoms with Crippen molar-refractivity contribution in [3.05, 3.63) is 74.9 Å². The number of benzene rings is 1. The maximum absolute atomic E-state index is 12.5. The van der Waals surface area contributed by atoms with Crippen LogP contribution in [0.1, 0.15) is 16.1 Å². The molecule has 0 atom stereocenters. The Morgan fingerprint density at radius 2 is 2.00 bits per heavy atom. The van der Waals surface area contributed by atoms with Gasteiger partial charge < -0.3 is 0 Å². The molecule has 1 aliphatic heterocycles. The van der Waals surface area contributed by atoms with E-state index in [2.05, 4.69) is 10.4 Å². The molecule has 26 heavy (non-hydrogen) atoms. The first kappa shape index (κ1) is 17.7. The topological polar surface area (TPSA) is 105 Å². The van der Waals surface area contributed by atoms with Crippen molar-refractivity contribution in [2.75, 3.05) is 0 Å². The average Bonchev–Trinajstić information content (AvgIpc) is 2.90.